The van der Waals surface area contributed by atoms with Crippen molar-refractivity contribution in [2.24, 2.45) is 0 Å². The van der Waals surface area contributed by atoms with Crippen molar-refractivity contribution < 1.29 is 14.3 Å². The Morgan fingerprint density at radius 2 is 2.00 bits per heavy atom. The number of carbonyl (C=O) groups is 1. The molecule has 0 aliphatic heterocycles. The van der Waals surface area contributed by atoms with Gasteiger partial charge in [-0.2, -0.15) is 0 Å². The Kier molecular flexibility index (Phi) is 4.98. The minimum Gasteiger partial charge on any atom is -0.488 e. The van der Waals surface area contributed by atoms with Gasteiger partial charge in [0.25, 0.3) is 0 Å². The highest BCUT2D eigenvalue weighted by Gasteiger charge is 2.16. The molecular formula is C21H24N2O3. The van der Waals surface area contributed by atoms with E-state index in [0.29, 0.717) is 17.9 Å². The van der Waals surface area contributed by atoms with Crippen LogP contribution in [0.4, 0.5) is 0 Å². The topological polar surface area (TPSA) is 52.8 Å². The average molecular weight is 352 g/mol. The molecule has 0 spiro atoms. The van der Waals surface area contributed by atoms with Crippen LogP contribution < -0.4 is 9.47 Å². The Hall–Kier alpha value is -2.82. The van der Waals surface area contributed by atoms with Gasteiger partial charge in [-0.05, 0) is 45.0 Å². The fraction of sp³-hybridized carbons (Fsp3) is 0.333. The van der Waals surface area contributed by atoms with Gasteiger partial charge in [-0.1, -0.05) is 13.0 Å². The van der Waals surface area contributed by atoms with Crippen LogP contribution in [-0.4, -0.2) is 27.4 Å². The maximum absolute atomic E-state index is 11.7. The highest BCUT2D eigenvalue weighted by molar-refractivity contribution is 5.80. The zero-order chi connectivity index (χ0) is 18.7. The summed E-state index contributed by atoms with van der Waals surface area (Å²) in [5, 5.41) is 0. The summed E-state index contributed by atoms with van der Waals surface area (Å²) < 4.78 is 13.8. The van der Waals surface area contributed by atoms with E-state index in [1.807, 2.05) is 74.7 Å². The molecule has 0 atom stereocenters. The first-order valence-electron chi connectivity index (χ1n) is 8.77. The molecule has 0 bridgehead atoms. The molecule has 1 aromatic carbocycles. The third-order valence-electron chi connectivity index (χ3n) is 3.86. The van der Waals surface area contributed by atoms with Crippen LogP contribution in [0.5, 0.6) is 11.5 Å². The molecule has 0 radical (unpaired) electrons. The van der Waals surface area contributed by atoms with E-state index in [0.717, 1.165) is 16.9 Å². The molecule has 5 heteroatoms. The molecule has 0 amide bonds. The van der Waals surface area contributed by atoms with E-state index in [4.69, 9.17) is 9.47 Å². The Bertz CT molecular complexity index is 922. The van der Waals surface area contributed by atoms with Gasteiger partial charge in [0.2, 0.25) is 0 Å². The summed E-state index contributed by atoms with van der Waals surface area (Å²) in [7, 11) is 0. The number of imidazole rings is 1. The van der Waals surface area contributed by atoms with Crippen molar-refractivity contribution in [2.75, 3.05) is 6.61 Å². The molecule has 26 heavy (non-hydrogen) atoms. The van der Waals surface area contributed by atoms with Crippen LogP contribution in [0.3, 0.4) is 0 Å². The normalized spacial score (nSPS) is 11.5. The molecule has 5 nitrogen and oxygen atoms in total. The van der Waals surface area contributed by atoms with Gasteiger partial charge in [-0.25, -0.2) is 4.98 Å². The fourth-order valence-electron chi connectivity index (χ4n) is 2.68. The van der Waals surface area contributed by atoms with E-state index in [-0.39, 0.29) is 18.0 Å². The van der Waals surface area contributed by atoms with Gasteiger partial charge in [-0.15, -0.1) is 0 Å². The quantitative estimate of drug-likeness (QED) is 0.654. The number of fused-ring (bicyclic) bond motifs is 1. The number of ketones is 1. The molecule has 0 aliphatic carbocycles. The number of aromatic nitrogens is 2. The number of nitrogens with zero attached hydrogens (tertiary/aromatic N) is 2. The van der Waals surface area contributed by atoms with Crippen LogP contribution >= 0.6 is 0 Å². The van der Waals surface area contributed by atoms with Crippen molar-refractivity contribution in [3.05, 3.63) is 48.8 Å². The van der Waals surface area contributed by atoms with Crippen molar-refractivity contribution in [2.45, 2.75) is 39.7 Å². The third-order valence-corrected chi connectivity index (χ3v) is 3.86. The smallest absolute Gasteiger partial charge is 0.169 e. The first-order chi connectivity index (χ1) is 12.4. The minimum absolute atomic E-state index is 0.0440. The predicted octanol–water partition coefficient (Wildman–Crippen LogP) is 4.54. The van der Waals surface area contributed by atoms with E-state index in [9.17, 15) is 4.79 Å². The zero-order valence-corrected chi connectivity index (χ0v) is 15.7. The largest absolute Gasteiger partial charge is 0.488 e. The summed E-state index contributed by atoms with van der Waals surface area (Å²) in [6.45, 7) is 7.86. The molecule has 2 heterocycles. The zero-order valence-electron chi connectivity index (χ0n) is 15.7. The first kappa shape index (κ1) is 18.0. The molecule has 3 rings (SSSR count). The number of carbonyl (C=O) groups excluding carboxylic acids is 1. The number of benzene rings is 1. The standard InChI is InChI=1S/C21H24N2O3/c1-5-15(24)14-25-19-13-16(26-21(2,3)4)9-10-17(19)18-7-6-8-20-22-11-12-23(18)20/h6-13H,5,14H2,1-4H3. The molecule has 0 unspecified atom stereocenters. The van der Waals surface area contributed by atoms with Crippen LogP contribution in [0.15, 0.2) is 48.8 Å². The number of ether oxygens (including phenoxy) is 2. The van der Waals surface area contributed by atoms with Gasteiger partial charge in [0.1, 0.15) is 29.4 Å². The fourth-order valence-corrected chi connectivity index (χ4v) is 2.68. The van der Waals surface area contributed by atoms with Crippen LogP contribution in [0.2, 0.25) is 0 Å². The van der Waals surface area contributed by atoms with Crippen LogP contribution in [0.25, 0.3) is 16.9 Å². The molecule has 0 aliphatic rings. The van der Waals surface area contributed by atoms with E-state index >= 15 is 0 Å². The number of pyridine rings is 1. The second kappa shape index (κ2) is 7.20. The summed E-state index contributed by atoms with van der Waals surface area (Å²) in [5.41, 5.74) is 2.37. The van der Waals surface area contributed by atoms with Gasteiger partial charge in [0.15, 0.2) is 5.78 Å². The van der Waals surface area contributed by atoms with Gasteiger partial charge >= 0.3 is 0 Å². The summed E-state index contributed by atoms with van der Waals surface area (Å²) in [4.78, 5) is 16.1. The predicted molar refractivity (Wildman–Crippen MR) is 102 cm³/mol. The lowest BCUT2D eigenvalue weighted by molar-refractivity contribution is -0.120. The summed E-state index contributed by atoms with van der Waals surface area (Å²) >= 11 is 0. The summed E-state index contributed by atoms with van der Waals surface area (Å²) in [6.07, 6.45) is 4.12. The monoisotopic (exact) mass is 352 g/mol. The molecule has 136 valence electrons. The number of hydrogen-bond acceptors (Lipinski definition) is 4. The average Bonchev–Trinajstić information content (AvgIpc) is 3.07. The second-order valence-electron chi connectivity index (χ2n) is 7.12. The Labute approximate surface area is 153 Å². The maximum atomic E-state index is 11.7. The minimum atomic E-state index is -0.317. The Morgan fingerprint density at radius 1 is 1.19 bits per heavy atom. The molecule has 0 saturated heterocycles. The van der Waals surface area contributed by atoms with Crippen molar-refractivity contribution in [3.63, 3.8) is 0 Å². The van der Waals surface area contributed by atoms with Crippen LogP contribution in [-0.2, 0) is 4.79 Å². The molecule has 3 aromatic rings. The molecule has 0 saturated carbocycles. The van der Waals surface area contributed by atoms with Crippen molar-refractivity contribution >= 4 is 11.4 Å². The van der Waals surface area contributed by atoms with Gasteiger partial charge < -0.3 is 9.47 Å². The van der Waals surface area contributed by atoms with Crippen LogP contribution in [0.1, 0.15) is 34.1 Å². The lowest BCUT2D eigenvalue weighted by Gasteiger charge is -2.22. The highest BCUT2D eigenvalue weighted by Crippen LogP contribution is 2.35. The van der Waals surface area contributed by atoms with E-state index in [1.165, 1.54) is 0 Å². The lowest BCUT2D eigenvalue weighted by atomic mass is 10.1. The van der Waals surface area contributed by atoms with Crippen molar-refractivity contribution in [3.8, 4) is 22.8 Å². The summed E-state index contributed by atoms with van der Waals surface area (Å²) in [6, 6.07) is 11.6. The molecule has 0 fully saturated rings. The van der Waals surface area contributed by atoms with E-state index < -0.39 is 0 Å². The number of Topliss-reactive ketones (excluding diaryl/α,β-unsaturated/α-hetero) is 1. The first-order valence-corrected chi connectivity index (χ1v) is 8.77. The van der Waals surface area contributed by atoms with E-state index in [2.05, 4.69) is 4.98 Å². The second-order valence-corrected chi connectivity index (χ2v) is 7.12. The molecule has 0 N–H and O–H groups in total. The van der Waals surface area contributed by atoms with Crippen molar-refractivity contribution in [1.29, 1.82) is 0 Å². The number of hydrogen-bond donors (Lipinski definition) is 0. The van der Waals surface area contributed by atoms with Gasteiger partial charge in [0.05, 0.1) is 5.69 Å². The van der Waals surface area contributed by atoms with Crippen LogP contribution in [0, 0.1) is 0 Å². The Balaban J connectivity index is 2.05. The SMILES string of the molecule is CCC(=O)COc1cc(OC(C)(C)C)ccc1-c1cccc2nccn12. The summed E-state index contributed by atoms with van der Waals surface area (Å²) in [5.74, 6) is 1.38. The molecule has 2 aromatic heterocycles. The number of rotatable bonds is 6. The molecular weight excluding hydrogens is 328 g/mol. The van der Waals surface area contributed by atoms with Crippen molar-refractivity contribution in [1.82, 2.24) is 9.38 Å². The highest BCUT2D eigenvalue weighted by atomic mass is 16.5. The Morgan fingerprint density at radius 3 is 2.73 bits per heavy atom. The maximum Gasteiger partial charge on any atom is 0.169 e. The van der Waals surface area contributed by atoms with Gasteiger partial charge in [-0.3, -0.25) is 9.20 Å². The van der Waals surface area contributed by atoms with Gasteiger partial charge in [0, 0.05) is 30.4 Å². The lowest BCUT2D eigenvalue weighted by Crippen LogP contribution is -2.23. The third kappa shape index (κ3) is 4.04. The van der Waals surface area contributed by atoms with E-state index in [1.54, 1.807) is 6.20 Å².